The largest absolute Gasteiger partial charge is 0.453 e. The monoisotopic (exact) mass is 1090 g/mol. The first-order valence-corrected chi connectivity index (χ1v) is 30.7. The quantitative estimate of drug-likeness (QED) is 0.128. The van der Waals surface area contributed by atoms with E-state index in [1.165, 1.54) is 151 Å². The zero-order valence-corrected chi connectivity index (χ0v) is 49.0. The molecule has 4 nitrogen and oxygen atoms in total. The minimum atomic E-state index is 0.434. The van der Waals surface area contributed by atoms with Gasteiger partial charge in [-0.1, -0.05) is 171 Å². The van der Waals surface area contributed by atoms with E-state index in [0.29, 0.717) is 11.8 Å². The third-order valence-corrected chi connectivity index (χ3v) is 19.3. The van der Waals surface area contributed by atoms with Crippen molar-refractivity contribution >= 4 is 110 Å². The van der Waals surface area contributed by atoms with Crippen LogP contribution in [0, 0.1) is 41.5 Å². The van der Waals surface area contributed by atoms with Crippen LogP contribution in [0.3, 0.4) is 0 Å². The van der Waals surface area contributed by atoms with Gasteiger partial charge in [-0.15, -0.1) is 0 Å². The number of hydrogen-bond acceptors (Lipinski definition) is 4. The van der Waals surface area contributed by atoms with Crippen molar-refractivity contribution in [2.45, 2.75) is 105 Å². The Morgan fingerprint density at radius 2 is 0.643 bits per heavy atom. The zero-order valence-electron chi connectivity index (χ0n) is 49.0. The summed E-state index contributed by atoms with van der Waals surface area (Å²) in [6.07, 6.45) is 9.69. The van der Waals surface area contributed by atoms with Gasteiger partial charge in [0, 0.05) is 54.8 Å². The summed E-state index contributed by atoms with van der Waals surface area (Å²) in [7, 11) is 0. The molecule has 2 heterocycles. The number of benzene rings is 12. The van der Waals surface area contributed by atoms with Crippen molar-refractivity contribution in [2.24, 2.45) is 0 Å². The molecule has 0 unspecified atom stereocenters. The summed E-state index contributed by atoms with van der Waals surface area (Å²) >= 11 is 0. The molecule has 0 saturated heterocycles. The van der Waals surface area contributed by atoms with Crippen molar-refractivity contribution < 1.29 is 8.83 Å². The average molecular weight is 1090 g/mol. The van der Waals surface area contributed by atoms with Gasteiger partial charge in [0.2, 0.25) is 0 Å². The fraction of sp³-hybridized carbons (Fsp3) is 0.200. The lowest BCUT2D eigenvalue weighted by Gasteiger charge is -2.32. The number of aryl methyl sites for hydroxylation is 6. The fourth-order valence-electron chi connectivity index (χ4n) is 15.6. The van der Waals surface area contributed by atoms with Crippen LogP contribution in [0.2, 0.25) is 0 Å². The molecule has 16 rings (SSSR count). The lowest BCUT2D eigenvalue weighted by atomic mass is 9.82. The number of para-hydroxylation sites is 4. The highest BCUT2D eigenvalue weighted by atomic mass is 16.3. The van der Waals surface area contributed by atoms with Gasteiger partial charge in [0.15, 0.2) is 11.2 Å². The maximum atomic E-state index is 7.41. The topological polar surface area (TPSA) is 32.8 Å². The highest BCUT2D eigenvalue weighted by molar-refractivity contribution is 6.30. The van der Waals surface area contributed by atoms with E-state index in [-0.39, 0.29) is 0 Å². The SMILES string of the molecule is Cc1cc(C)cc(N(c2cc(C3CCCC3)c3ccc4c(N(c5cc(C)cc(C)c5)c5cccc6c5oc5c(-c7ccccc7C)cccc56)cc(C5CCCC5)c5ccc2c3c54)c2cccc3c2oc2c(-c4ccccc4C)cccc23)c1. The van der Waals surface area contributed by atoms with E-state index in [9.17, 15) is 0 Å². The summed E-state index contributed by atoms with van der Waals surface area (Å²) in [6, 6.07) is 73.5. The second kappa shape index (κ2) is 19.8. The first-order valence-electron chi connectivity index (χ1n) is 30.7. The molecule has 410 valence electrons. The van der Waals surface area contributed by atoms with Crippen LogP contribution < -0.4 is 9.80 Å². The van der Waals surface area contributed by atoms with Gasteiger partial charge in [0.05, 0.1) is 22.7 Å². The van der Waals surface area contributed by atoms with Crippen LogP contribution in [0.25, 0.3) is 98.4 Å². The minimum absolute atomic E-state index is 0.434. The Bertz CT molecular complexity index is 4610. The van der Waals surface area contributed by atoms with Crippen molar-refractivity contribution in [3.8, 4) is 22.3 Å². The van der Waals surface area contributed by atoms with Gasteiger partial charge in [-0.05, 0) is 205 Å². The minimum Gasteiger partial charge on any atom is -0.453 e. The third-order valence-electron chi connectivity index (χ3n) is 19.3. The number of anilines is 6. The van der Waals surface area contributed by atoms with Crippen LogP contribution in [-0.4, -0.2) is 0 Å². The number of furan rings is 2. The molecule has 14 aromatic rings. The predicted molar refractivity (Wildman–Crippen MR) is 356 cm³/mol. The van der Waals surface area contributed by atoms with E-state index in [0.717, 1.165) is 77.8 Å². The molecule has 0 bridgehead atoms. The summed E-state index contributed by atoms with van der Waals surface area (Å²) in [6.45, 7) is 13.3. The van der Waals surface area contributed by atoms with Crippen LogP contribution in [0.5, 0.6) is 0 Å². The first kappa shape index (κ1) is 50.6. The Labute approximate surface area is 491 Å². The van der Waals surface area contributed by atoms with Crippen molar-refractivity contribution in [3.05, 3.63) is 239 Å². The first-order chi connectivity index (χ1) is 41.1. The molecular weight excluding hydrogens is 1020 g/mol. The summed E-state index contributed by atoms with van der Waals surface area (Å²) in [5.41, 5.74) is 25.2. The maximum absolute atomic E-state index is 7.41. The summed E-state index contributed by atoms with van der Waals surface area (Å²) in [4.78, 5) is 5.13. The Morgan fingerprint density at radius 1 is 0.298 bits per heavy atom. The van der Waals surface area contributed by atoms with Crippen LogP contribution in [-0.2, 0) is 0 Å². The summed E-state index contributed by atoms with van der Waals surface area (Å²) in [5.74, 6) is 0.868. The molecule has 2 aliphatic rings. The smallest absolute Gasteiger partial charge is 0.159 e. The molecule has 2 saturated carbocycles. The molecule has 2 fully saturated rings. The Hall–Kier alpha value is -9.12. The molecule has 0 radical (unpaired) electrons. The van der Waals surface area contributed by atoms with E-state index in [1.807, 2.05) is 0 Å². The van der Waals surface area contributed by atoms with Crippen molar-refractivity contribution in [3.63, 3.8) is 0 Å². The van der Waals surface area contributed by atoms with Gasteiger partial charge < -0.3 is 18.6 Å². The van der Waals surface area contributed by atoms with Crippen molar-refractivity contribution in [1.82, 2.24) is 0 Å². The standard InChI is InChI=1S/C80H68N2O2/c1-47-39-48(2)42-55(41-47)81(71-33-17-31-65-63-29-15-27-61(77(63)83-79(65)71)57-25-13-7-19-51(57)5)73-45-69(53-21-9-10-22-53)59-36-38-68-74(46-70(54-23-11-12-24-54)60-35-37-67(73)75(59)76(60)68)82(56-43-49(3)40-50(4)44-56)72-34-18-32-66-64-30-16-28-62(78(64)84-80(66)72)58-26-14-8-20-52(58)6/h7-8,13-20,25-46,53-54H,9-12,21-24H2,1-6H3. The number of fused-ring (bicyclic) bond motifs is 6. The second-order valence-corrected chi connectivity index (χ2v) is 24.9. The lowest BCUT2D eigenvalue weighted by molar-refractivity contribution is 0.669. The predicted octanol–water partition coefficient (Wildman–Crippen LogP) is 23.8. The highest BCUT2D eigenvalue weighted by Gasteiger charge is 2.32. The van der Waals surface area contributed by atoms with Crippen LogP contribution in [0.4, 0.5) is 34.1 Å². The van der Waals surface area contributed by atoms with Gasteiger partial charge in [-0.3, -0.25) is 0 Å². The van der Waals surface area contributed by atoms with Gasteiger partial charge in [0.25, 0.3) is 0 Å². The van der Waals surface area contributed by atoms with E-state index in [4.69, 9.17) is 8.83 Å². The van der Waals surface area contributed by atoms with Crippen molar-refractivity contribution in [2.75, 3.05) is 9.80 Å². The molecular formula is C80H68N2O2. The molecule has 0 amide bonds. The molecule has 12 aromatic carbocycles. The molecule has 4 heteroatoms. The van der Waals surface area contributed by atoms with Gasteiger partial charge in [0.1, 0.15) is 11.2 Å². The van der Waals surface area contributed by atoms with Crippen LogP contribution in [0.15, 0.2) is 203 Å². The Kier molecular flexibility index (Phi) is 11.9. The lowest BCUT2D eigenvalue weighted by Crippen LogP contribution is -2.14. The molecule has 84 heavy (non-hydrogen) atoms. The van der Waals surface area contributed by atoms with E-state index in [2.05, 4.69) is 245 Å². The fourth-order valence-corrected chi connectivity index (χ4v) is 15.6. The number of hydrogen-bond donors (Lipinski definition) is 0. The van der Waals surface area contributed by atoms with E-state index < -0.39 is 0 Å². The van der Waals surface area contributed by atoms with E-state index >= 15 is 0 Å². The number of nitrogens with zero attached hydrogens (tertiary/aromatic N) is 2. The zero-order chi connectivity index (χ0) is 56.5. The maximum Gasteiger partial charge on any atom is 0.159 e. The van der Waals surface area contributed by atoms with Gasteiger partial charge in [-0.25, -0.2) is 0 Å². The molecule has 2 aliphatic carbocycles. The van der Waals surface area contributed by atoms with Gasteiger partial charge in [-0.2, -0.15) is 0 Å². The molecule has 0 spiro atoms. The molecule has 2 aromatic heterocycles. The van der Waals surface area contributed by atoms with E-state index in [1.54, 1.807) is 0 Å². The summed E-state index contributed by atoms with van der Waals surface area (Å²) < 4.78 is 14.8. The van der Waals surface area contributed by atoms with Gasteiger partial charge >= 0.3 is 0 Å². The third kappa shape index (κ3) is 8.01. The van der Waals surface area contributed by atoms with Crippen LogP contribution in [0.1, 0.15) is 108 Å². The Balaban J connectivity index is 1.01. The molecule has 0 aliphatic heterocycles. The molecule has 0 N–H and O–H groups in total. The van der Waals surface area contributed by atoms with Crippen molar-refractivity contribution in [1.29, 1.82) is 0 Å². The normalized spacial score (nSPS) is 14.3. The average Bonchev–Trinajstić information content (AvgIpc) is 0.884. The second-order valence-electron chi connectivity index (χ2n) is 24.9. The number of rotatable bonds is 10. The summed E-state index contributed by atoms with van der Waals surface area (Å²) in [5, 5.41) is 12.4. The highest BCUT2D eigenvalue weighted by Crippen LogP contribution is 2.56. The molecule has 0 atom stereocenters. The van der Waals surface area contributed by atoms with Crippen LogP contribution >= 0.6 is 0 Å². The Morgan fingerprint density at radius 3 is 1.04 bits per heavy atom.